The van der Waals surface area contributed by atoms with Crippen molar-refractivity contribution < 1.29 is 13.6 Å². The van der Waals surface area contributed by atoms with E-state index in [1.165, 1.54) is 12.1 Å². The number of carbonyl (C=O) groups excluding carboxylic acids is 1. The molecule has 2 aromatic rings. The highest BCUT2D eigenvalue weighted by atomic mass is 35.5. The van der Waals surface area contributed by atoms with Crippen LogP contribution in [0, 0.1) is 11.6 Å². The van der Waals surface area contributed by atoms with Gasteiger partial charge in [-0.1, -0.05) is 29.3 Å². The quantitative estimate of drug-likeness (QED) is 0.834. The molecule has 2 unspecified atom stereocenters. The summed E-state index contributed by atoms with van der Waals surface area (Å²) in [5.41, 5.74) is 0.937. The molecule has 0 aliphatic carbocycles. The molecule has 0 spiro atoms. The number of hydrogen-bond donors (Lipinski definition) is 2. The highest BCUT2D eigenvalue weighted by Gasteiger charge is 2.29. The Morgan fingerprint density at radius 3 is 2.68 bits per heavy atom. The van der Waals surface area contributed by atoms with Crippen molar-refractivity contribution in [1.29, 1.82) is 0 Å². The Hall–Kier alpha value is -1.69. The van der Waals surface area contributed by atoms with Crippen molar-refractivity contribution in [2.45, 2.75) is 18.4 Å². The number of benzene rings is 2. The zero-order valence-electron chi connectivity index (χ0n) is 13.2. The predicted octanol–water partition coefficient (Wildman–Crippen LogP) is 4.15. The Labute approximate surface area is 154 Å². The molecule has 2 aromatic carbocycles. The second-order valence-corrected chi connectivity index (χ2v) is 6.82. The van der Waals surface area contributed by atoms with Gasteiger partial charge >= 0.3 is 0 Å². The summed E-state index contributed by atoms with van der Waals surface area (Å²) in [7, 11) is 0. The van der Waals surface area contributed by atoms with Gasteiger partial charge in [0.15, 0.2) is 11.6 Å². The van der Waals surface area contributed by atoms with E-state index in [2.05, 4.69) is 10.6 Å². The van der Waals surface area contributed by atoms with Crippen LogP contribution in [0.25, 0.3) is 0 Å². The zero-order valence-corrected chi connectivity index (χ0v) is 14.7. The first-order valence-corrected chi connectivity index (χ1v) is 8.63. The molecule has 7 heteroatoms. The van der Waals surface area contributed by atoms with Crippen molar-refractivity contribution >= 4 is 29.1 Å². The highest BCUT2D eigenvalue weighted by molar-refractivity contribution is 6.35. The van der Waals surface area contributed by atoms with Gasteiger partial charge in [-0.15, -0.1) is 0 Å². The SMILES string of the molecule is O=C(NC1CNCCC1c1ccc(F)c(F)c1)c1cc(Cl)ccc1Cl. The minimum Gasteiger partial charge on any atom is -0.347 e. The number of carbonyl (C=O) groups is 1. The van der Waals surface area contributed by atoms with Gasteiger partial charge in [0.2, 0.25) is 0 Å². The van der Waals surface area contributed by atoms with Crippen LogP contribution in [0.2, 0.25) is 10.0 Å². The van der Waals surface area contributed by atoms with E-state index in [1.54, 1.807) is 18.2 Å². The Morgan fingerprint density at radius 2 is 1.92 bits per heavy atom. The first-order valence-electron chi connectivity index (χ1n) is 7.87. The molecule has 132 valence electrons. The fourth-order valence-electron chi connectivity index (χ4n) is 3.07. The van der Waals surface area contributed by atoms with Crippen LogP contribution >= 0.6 is 23.2 Å². The summed E-state index contributed by atoms with van der Waals surface area (Å²) in [6.45, 7) is 1.25. The van der Waals surface area contributed by atoms with E-state index in [0.29, 0.717) is 28.6 Å². The maximum atomic E-state index is 13.6. The van der Waals surface area contributed by atoms with Gasteiger partial charge in [-0.3, -0.25) is 4.79 Å². The van der Waals surface area contributed by atoms with Crippen LogP contribution in [0.15, 0.2) is 36.4 Å². The second-order valence-electron chi connectivity index (χ2n) is 5.98. The molecule has 3 nitrogen and oxygen atoms in total. The van der Waals surface area contributed by atoms with E-state index in [0.717, 1.165) is 12.6 Å². The Balaban J connectivity index is 1.82. The highest BCUT2D eigenvalue weighted by Crippen LogP contribution is 2.28. The van der Waals surface area contributed by atoms with Crippen LogP contribution in [-0.2, 0) is 0 Å². The number of amides is 1. The van der Waals surface area contributed by atoms with E-state index < -0.39 is 11.6 Å². The lowest BCUT2D eigenvalue weighted by molar-refractivity contribution is 0.0924. The van der Waals surface area contributed by atoms with Gasteiger partial charge in [-0.05, 0) is 48.9 Å². The molecule has 0 radical (unpaired) electrons. The molecule has 25 heavy (non-hydrogen) atoms. The van der Waals surface area contributed by atoms with E-state index in [1.807, 2.05) is 0 Å². The molecule has 0 bridgehead atoms. The average molecular weight is 385 g/mol. The summed E-state index contributed by atoms with van der Waals surface area (Å²) in [5.74, 6) is -2.25. The average Bonchev–Trinajstić information content (AvgIpc) is 2.60. The van der Waals surface area contributed by atoms with E-state index >= 15 is 0 Å². The van der Waals surface area contributed by atoms with Crippen molar-refractivity contribution in [1.82, 2.24) is 10.6 Å². The number of rotatable bonds is 3. The topological polar surface area (TPSA) is 41.1 Å². The largest absolute Gasteiger partial charge is 0.347 e. The van der Waals surface area contributed by atoms with Gasteiger partial charge in [0.1, 0.15) is 0 Å². The molecule has 1 fully saturated rings. The maximum Gasteiger partial charge on any atom is 0.253 e. The lowest BCUT2D eigenvalue weighted by Gasteiger charge is -2.33. The molecule has 1 heterocycles. The van der Waals surface area contributed by atoms with Gasteiger partial charge in [0, 0.05) is 23.5 Å². The normalized spacial score (nSPS) is 20.3. The van der Waals surface area contributed by atoms with Crippen molar-refractivity contribution in [3.05, 3.63) is 69.2 Å². The van der Waals surface area contributed by atoms with Crippen molar-refractivity contribution in [3.63, 3.8) is 0 Å². The van der Waals surface area contributed by atoms with Gasteiger partial charge in [-0.25, -0.2) is 8.78 Å². The summed E-state index contributed by atoms with van der Waals surface area (Å²) < 4.78 is 26.8. The third-order valence-electron chi connectivity index (χ3n) is 4.34. The first-order chi connectivity index (χ1) is 12.0. The van der Waals surface area contributed by atoms with Crippen molar-refractivity contribution in [3.8, 4) is 0 Å². The van der Waals surface area contributed by atoms with Crippen LogP contribution in [0.3, 0.4) is 0 Å². The molecule has 1 saturated heterocycles. The summed E-state index contributed by atoms with van der Waals surface area (Å²) in [6.07, 6.45) is 0.694. The first kappa shape index (κ1) is 18.1. The molecule has 1 aliphatic heterocycles. The van der Waals surface area contributed by atoms with E-state index in [9.17, 15) is 13.6 Å². The summed E-state index contributed by atoms with van der Waals surface area (Å²) in [5, 5.41) is 6.84. The molecule has 2 atom stereocenters. The Kier molecular flexibility index (Phi) is 5.57. The van der Waals surface area contributed by atoms with E-state index in [4.69, 9.17) is 23.2 Å². The van der Waals surface area contributed by atoms with Crippen LogP contribution in [0.1, 0.15) is 28.3 Å². The van der Waals surface area contributed by atoms with Gasteiger partial charge in [-0.2, -0.15) is 0 Å². The molecule has 3 rings (SSSR count). The van der Waals surface area contributed by atoms with Crippen LogP contribution < -0.4 is 10.6 Å². The smallest absolute Gasteiger partial charge is 0.253 e. The Bertz CT molecular complexity index is 801. The lowest BCUT2D eigenvalue weighted by atomic mass is 9.85. The van der Waals surface area contributed by atoms with E-state index in [-0.39, 0.29) is 23.4 Å². The third-order valence-corrected chi connectivity index (χ3v) is 4.91. The van der Waals surface area contributed by atoms with Crippen LogP contribution in [-0.4, -0.2) is 25.0 Å². The monoisotopic (exact) mass is 384 g/mol. The van der Waals surface area contributed by atoms with Gasteiger partial charge in [0.25, 0.3) is 5.91 Å². The molecule has 1 amide bonds. The number of piperidine rings is 1. The molecule has 0 aromatic heterocycles. The Morgan fingerprint density at radius 1 is 1.12 bits per heavy atom. The number of hydrogen-bond acceptors (Lipinski definition) is 2. The summed E-state index contributed by atoms with van der Waals surface area (Å²) in [6, 6.07) is 8.25. The zero-order chi connectivity index (χ0) is 18.0. The summed E-state index contributed by atoms with van der Waals surface area (Å²) in [4.78, 5) is 12.6. The molecule has 0 saturated carbocycles. The maximum absolute atomic E-state index is 13.6. The second kappa shape index (κ2) is 7.68. The number of nitrogens with one attached hydrogen (secondary N) is 2. The third kappa shape index (κ3) is 4.11. The van der Waals surface area contributed by atoms with Crippen LogP contribution in [0.5, 0.6) is 0 Å². The summed E-state index contributed by atoms with van der Waals surface area (Å²) >= 11 is 12.0. The van der Waals surface area contributed by atoms with Crippen LogP contribution in [0.4, 0.5) is 8.78 Å². The minimum atomic E-state index is -0.890. The van der Waals surface area contributed by atoms with Crippen molar-refractivity contribution in [2.75, 3.05) is 13.1 Å². The fourth-order valence-corrected chi connectivity index (χ4v) is 3.45. The standard InChI is InChI=1S/C18H16Cl2F2N2O/c19-11-2-3-14(20)13(8-11)18(25)24-17-9-23-6-5-12(17)10-1-4-15(21)16(22)7-10/h1-4,7-8,12,17,23H,5-6,9H2,(H,24,25). The predicted molar refractivity (Wildman–Crippen MR) is 94.3 cm³/mol. The minimum absolute atomic E-state index is 0.127. The molecular formula is C18H16Cl2F2N2O. The van der Waals surface area contributed by atoms with Gasteiger partial charge in [0.05, 0.1) is 10.6 Å². The lowest BCUT2D eigenvalue weighted by Crippen LogP contribution is -2.50. The van der Waals surface area contributed by atoms with Crippen molar-refractivity contribution in [2.24, 2.45) is 0 Å². The fraction of sp³-hybridized carbons (Fsp3) is 0.278. The number of halogens is 4. The molecule has 2 N–H and O–H groups in total. The van der Waals surface area contributed by atoms with Gasteiger partial charge < -0.3 is 10.6 Å². The molecular weight excluding hydrogens is 369 g/mol. The molecule has 1 aliphatic rings.